The fourth-order valence-corrected chi connectivity index (χ4v) is 7.37. The summed E-state index contributed by atoms with van der Waals surface area (Å²) in [7, 11) is 0. The van der Waals surface area contributed by atoms with Gasteiger partial charge in [-0.1, -0.05) is 46.3 Å². The number of hydrogen-bond donors (Lipinski definition) is 1. The molecule has 0 radical (unpaired) electrons. The van der Waals surface area contributed by atoms with Gasteiger partial charge >= 0.3 is 0 Å². The van der Waals surface area contributed by atoms with Crippen molar-refractivity contribution in [3.63, 3.8) is 0 Å². The zero-order valence-electron chi connectivity index (χ0n) is 25.2. The molecule has 0 aromatic rings. The van der Waals surface area contributed by atoms with Crippen molar-refractivity contribution < 1.29 is 24.2 Å². The smallest absolute Gasteiger partial charge is 0.249 e. The van der Waals surface area contributed by atoms with Gasteiger partial charge in [0.2, 0.25) is 17.7 Å². The molecule has 7 atom stereocenters. The van der Waals surface area contributed by atoms with Gasteiger partial charge in [0.15, 0.2) is 0 Å². The quantitative estimate of drug-likeness (QED) is 0.356. The van der Waals surface area contributed by atoms with Crippen LogP contribution in [0.4, 0.5) is 0 Å². The monoisotopic (exact) mass is 545 g/mol. The fraction of sp³-hybridized carbons (Fsp3) is 0.774. The maximum atomic E-state index is 14.6. The van der Waals surface area contributed by atoms with E-state index in [0.29, 0.717) is 38.9 Å². The largest absolute Gasteiger partial charge is 0.394 e. The molecule has 3 rings (SSSR count). The maximum absolute atomic E-state index is 14.6. The Balaban J connectivity index is 2.23. The van der Waals surface area contributed by atoms with Gasteiger partial charge in [-0.15, -0.1) is 13.2 Å². The summed E-state index contributed by atoms with van der Waals surface area (Å²) >= 11 is 0. The van der Waals surface area contributed by atoms with Gasteiger partial charge in [0.1, 0.15) is 11.6 Å². The molecular formula is C31H51N3O5. The van der Waals surface area contributed by atoms with Crippen LogP contribution in [0.15, 0.2) is 25.3 Å². The Morgan fingerprint density at radius 1 is 1.15 bits per heavy atom. The van der Waals surface area contributed by atoms with Crippen LogP contribution < -0.4 is 0 Å². The molecule has 1 spiro atoms. The van der Waals surface area contributed by atoms with Crippen molar-refractivity contribution in [2.75, 3.05) is 26.2 Å². The minimum Gasteiger partial charge on any atom is -0.394 e. The van der Waals surface area contributed by atoms with Crippen LogP contribution in [0.1, 0.15) is 80.6 Å². The average molecular weight is 546 g/mol. The Bertz CT molecular complexity index is 960. The summed E-state index contributed by atoms with van der Waals surface area (Å²) < 4.78 is 6.95. The van der Waals surface area contributed by atoms with E-state index >= 15 is 0 Å². The lowest BCUT2D eigenvalue weighted by atomic mass is 9.64. The molecular weight excluding hydrogens is 494 g/mol. The normalized spacial score (nSPS) is 31.1. The predicted octanol–water partition coefficient (Wildman–Crippen LogP) is 3.79. The van der Waals surface area contributed by atoms with Gasteiger partial charge in [-0.2, -0.15) is 0 Å². The second kappa shape index (κ2) is 11.7. The van der Waals surface area contributed by atoms with Crippen molar-refractivity contribution in [3.05, 3.63) is 25.3 Å². The molecule has 0 aromatic carbocycles. The Kier molecular flexibility index (Phi) is 9.43. The molecule has 3 saturated heterocycles. The number of carbonyl (C=O) groups excluding carboxylic acids is 3. The van der Waals surface area contributed by atoms with Crippen LogP contribution in [0.2, 0.25) is 0 Å². The Morgan fingerprint density at radius 2 is 1.79 bits per heavy atom. The Labute approximate surface area is 235 Å². The topological polar surface area (TPSA) is 90.4 Å². The fourth-order valence-electron chi connectivity index (χ4n) is 7.37. The Hall–Kier alpha value is -2.19. The number of likely N-dealkylation sites (tertiary alicyclic amines) is 1. The van der Waals surface area contributed by atoms with Crippen molar-refractivity contribution in [3.8, 4) is 0 Å². The van der Waals surface area contributed by atoms with Crippen molar-refractivity contribution in [2.24, 2.45) is 17.8 Å². The molecule has 39 heavy (non-hydrogen) atoms. The highest BCUT2D eigenvalue weighted by Crippen LogP contribution is 2.65. The van der Waals surface area contributed by atoms with Crippen molar-refractivity contribution in [1.82, 2.24) is 14.7 Å². The zero-order valence-corrected chi connectivity index (χ0v) is 25.2. The van der Waals surface area contributed by atoms with Gasteiger partial charge < -0.3 is 24.5 Å². The standard InChI is InChI=1S/C31H51N3O5/c1-10-17-32(18-11-2)26(36)23-24-27(37)34(22(20-35)21(6)13-4)25(28(38)33(19-12-3)29(7,8)9)31(24)16-15-30(23,14-5)39-31/h10,12,21-25,35H,1,3,11,13-20H2,2,4-9H3/t21-,22-,23-,24-,25?,30+,31?/m0/s1. The van der Waals surface area contributed by atoms with Gasteiger partial charge in [-0.3, -0.25) is 14.4 Å². The van der Waals surface area contributed by atoms with Crippen LogP contribution in [0, 0.1) is 17.8 Å². The van der Waals surface area contributed by atoms with E-state index in [4.69, 9.17) is 4.74 Å². The number of hydrogen-bond acceptors (Lipinski definition) is 5. The summed E-state index contributed by atoms with van der Waals surface area (Å²) in [5, 5.41) is 10.6. The average Bonchev–Trinajstić information content (AvgIpc) is 3.50. The van der Waals surface area contributed by atoms with Gasteiger partial charge in [0, 0.05) is 25.2 Å². The highest BCUT2D eigenvalue weighted by molar-refractivity contribution is 5.99. The van der Waals surface area contributed by atoms with Crippen molar-refractivity contribution in [2.45, 2.75) is 109 Å². The lowest BCUT2D eigenvalue weighted by Gasteiger charge is -2.44. The highest BCUT2D eigenvalue weighted by atomic mass is 16.5. The number of carbonyl (C=O) groups is 3. The first-order valence-electron chi connectivity index (χ1n) is 14.8. The number of aliphatic hydroxyl groups is 1. The molecule has 0 aliphatic carbocycles. The van der Waals surface area contributed by atoms with Crippen LogP contribution in [0.25, 0.3) is 0 Å². The molecule has 3 aliphatic heterocycles. The molecule has 3 amide bonds. The minimum atomic E-state index is -1.12. The lowest BCUT2D eigenvalue weighted by Crippen LogP contribution is -2.62. The number of ether oxygens (including phenoxy) is 1. The van der Waals surface area contributed by atoms with E-state index in [2.05, 4.69) is 13.2 Å². The van der Waals surface area contributed by atoms with Crippen LogP contribution in [-0.2, 0) is 19.1 Å². The van der Waals surface area contributed by atoms with E-state index < -0.39 is 40.7 Å². The summed E-state index contributed by atoms with van der Waals surface area (Å²) in [6.45, 7) is 22.7. The summed E-state index contributed by atoms with van der Waals surface area (Å²) in [5.41, 5.74) is -2.46. The molecule has 8 heteroatoms. The third kappa shape index (κ3) is 4.96. The minimum absolute atomic E-state index is 0.0455. The zero-order chi connectivity index (χ0) is 29.3. The number of nitrogens with zero attached hydrogens (tertiary/aromatic N) is 3. The van der Waals surface area contributed by atoms with Crippen LogP contribution in [-0.4, -0.2) is 92.6 Å². The third-order valence-electron chi connectivity index (χ3n) is 9.51. The van der Waals surface area contributed by atoms with Crippen LogP contribution in [0.5, 0.6) is 0 Å². The summed E-state index contributed by atoms with van der Waals surface area (Å²) in [6, 6.07) is -1.48. The number of fused-ring (bicyclic) bond motifs is 1. The second-order valence-corrected chi connectivity index (χ2v) is 12.7. The van der Waals surface area contributed by atoms with E-state index in [-0.39, 0.29) is 30.2 Å². The molecule has 3 heterocycles. The van der Waals surface area contributed by atoms with Crippen molar-refractivity contribution in [1.29, 1.82) is 0 Å². The molecule has 1 N–H and O–H groups in total. The van der Waals surface area contributed by atoms with Gasteiger partial charge in [0.05, 0.1) is 30.1 Å². The molecule has 0 aromatic heterocycles. The van der Waals surface area contributed by atoms with Gasteiger partial charge in [-0.05, 0) is 52.4 Å². The SMILES string of the molecule is C=CCN(CCC)C(=O)[C@@H]1[C@H]2C(=O)N([C@@H](CO)[C@@H](C)CC)C(C(=O)N(CC=C)C(C)(C)C)C23CC[C@@]1(CC)O3. The summed E-state index contributed by atoms with van der Waals surface area (Å²) in [4.78, 5) is 48.6. The predicted molar refractivity (Wildman–Crippen MR) is 153 cm³/mol. The number of amides is 3. The number of aliphatic hydroxyl groups excluding tert-OH is 1. The molecule has 2 bridgehead atoms. The van der Waals surface area contributed by atoms with Crippen LogP contribution in [0.3, 0.4) is 0 Å². The molecule has 2 unspecified atom stereocenters. The van der Waals surface area contributed by atoms with Gasteiger partial charge in [-0.25, -0.2) is 0 Å². The molecule has 220 valence electrons. The van der Waals surface area contributed by atoms with E-state index in [9.17, 15) is 19.5 Å². The van der Waals surface area contributed by atoms with E-state index in [1.54, 1.807) is 26.9 Å². The Morgan fingerprint density at radius 3 is 2.28 bits per heavy atom. The summed E-state index contributed by atoms with van der Waals surface area (Å²) in [6.07, 6.45) is 6.64. The lowest BCUT2D eigenvalue weighted by molar-refractivity contribution is -0.161. The highest BCUT2D eigenvalue weighted by Gasteiger charge is 2.79. The first-order valence-corrected chi connectivity index (χ1v) is 14.8. The maximum Gasteiger partial charge on any atom is 0.249 e. The number of rotatable bonds is 13. The van der Waals surface area contributed by atoms with E-state index in [1.165, 1.54) is 0 Å². The molecule has 8 nitrogen and oxygen atoms in total. The first kappa shape index (κ1) is 31.3. The van der Waals surface area contributed by atoms with Crippen molar-refractivity contribution >= 4 is 17.7 Å². The first-order chi connectivity index (χ1) is 18.3. The molecule has 3 fully saturated rings. The van der Waals surface area contributed by atoms with E-state index in [0.717, 1.165) is 12.8 Å². The third-order valence-corrected chi connectivity index (χ3v) is 9.51. The summed E-state index contributed by atoms with van der Waals surface area (Å²) in [5.74, 6) is -2.07. The molecule has 3 aliphatic rings. The molecule has 0 saturated carbocycles. The van der Waals surface area contributed by atoms with E-state index in [1.807, 2.05) is 48.5 Å². The second-order valence-electron chi connectivity index (χ2n) is 12.7. The van der Waals surface area contributed by atoms with Crippen LogP contribution >= 0.6 is 0 Å². The van der Waals surface area contributed by atoms with Gasteiger partial charge in [0.25, 0.3) is 0 Å².